The van der Waals surface area contributed by atoms with Crippen molar-refractivity contribution < 1.29 is 19.4 Å². The van der Waals surface area contributed by atoms with Gasteiger partial charge in [-0.05, 0) is 36.4 Å². The average molecular weight is 371 g/mol. The first-order valence-corrected chi connectivity index (χ1v) is 8.46. The van der Waals surface area contributed by atoms with Crippen molar-refractivity contribution in [2.75, 3.05) is 48.8 Å². The van der Waals surface area contributed by atoms with Gasteiger partial charge in [0.05, 0.1) is 7.11 Å². The summed E-state index contributed by atoms with van der Waals surface area (Å²) in [5.41, 5.74) is 2.11. The zero-order valence-corrected chi connectivity index (χ0v) is 14.9. The molecule has 142 valence electrons. The number of nitrogens with zero attached hydrogens (tertiary/aromatic N) is 3. The van der Waals surface area contributed by atoms with Crippen molar-refractivity contribution in [1.82, 2.24) is 9.88 Å². The number of amides is 3. The van der Waals surface area contributed by atoms with E-state index in [4.69, 9.17) is 9.84 Å². The minimum Gasteiger partial charge on any atom is -0.480 e. The van der Waals surface area contributed by atoms with E-state index < -0.39 is 12.1 Å². The van der Waals surface area contributed by atoms with Crippen molar-refractivity contribution in [3.8, 4) is 5.88 Å². The molecule has 0 bridgehead atoms. The van der Waals surface area contributed by atoms with Crippen LogP contribution in [0.3, 0.4) is 0 Å². The number of methoxy groups -OCH3 is 1. The molecule has 1 fully saturated rings. The molecule has 1 aromatic carbocycles. The number of carbonyl (C=O) groups is 2. The number of rotatable bonds is 4. The molecule has 3 rings (SSSR count). The standard InChI is InChI=1S/C18H21N5O4/c1-27-16-15(3-2-8-19-16)21-17(24)20-13-4-6-14(7-5-13)22-9-11-23(12-10-22)18(25)26/h2-8H,9-12H2,1H3,(H,25,26)(H2,20,21,24). The second-order valence-corrected chi connectivity index (χ2v) is 5.94. The third-order valence-electron chi connectivity index (χ3n) is 4.25. The predicted molar refractivity (Wildman–Crippen MR) is 102 cm³/mol. The van der Waals surface area contributed by atoms with Crippen LogP contribution in [0.4, 0.5) is 26.7 Å². The van der Waals surface area contributed by atoms with Gasteiger partial charge in [-0.1, -0.05) is 0 Å². The van der Waals surface area contributed by atoms with Gasteiger partial charge >= 0.3 is 12.1 Å². The van der Waals surface area contributed by atoms with E-state index in [9.17, 15) is 9.59 Å². The molecule has 9 heteroatoms. The number of hydrogen-bond acceptors (Lipinski definition) is 5. The Balaban J connectivity index is 1.56. The molecule has 0 atom stereocenters. The van der Waals surface area contributed by atoms with Crippen LogP contribution in [-0.2, 0) is 0 Å². The molecule has 0 aliphatic carbocycles. The highest BCUT2D eigenvalue weighted by Crippen LogP contribution is 2.22. The van der Waals surface area contributed by atoms with Crippen molar-refractivity contribution in [1.29, 1.82) is 0 Å². The van der Waals surface area contributed by atoms with Gasteiger partial charge in [-0.25, -0.2) is 14.6 Å². The van der Waals surface area contributed by atoms with E-state index in [0.29, 0.717) is 43.4 Å². The Kier molecular flexibility index (Phi) is 5.60. The Morgan fingerprint density at radius 3 is 2.41 bits per heavy atom. The van der Waals surface area contributed by atoms with Crippen LogP contribution in [0.5, 0.6) is 5.88 Å². The minimum atomic E-state index is -0.884. The molecule has 1 aliphatic heterocycles. The van der Waals surface area contributed by atoms with Gasteiger partial charge in [0.15, 0.2) is 0 Å². The summed E-state index contributed by atoms with van der Waals surface area (Å²) in [5.74, 6) is 0.337. The fourth-order valence-electron chi connectivity index (χ4n) is 2.84. The second-order valence-electron chi connectivity index (χ2n) is 5.94. The molecule has 0 radical (unpaired) electrons. The minimum absolute atomic E-state index is 0.337. The molecule has 0 unspecified atom stereocenters. The number of carbonyl (C=O) groups excluding carboxylic acids is 1. The summed E-state index contributed by atoms with van der Waals surface area (Å²) in [6.45, 7) is 2.23. The highest BCUT2D eigenvalue weighted by atomic mass is 16.5. The Morgan fingerprint density at radius 2 is 1.78 bits per heavy atom. The van der Waals surface area contributed by atoms with Gasteiger partial charge in [-0.15, -0.1) is 0 Å². The van der Waals surface area contributed by atoms with Crippen molar-refractivity contribution in [2.45, 2.75) is 0 Å². The Bertz CT molecular complexity index is 804. The maximum atomic E-state index is 12.2. The molecular formula is C18H21N5O4. The number of ether oxygens (including phenoxy) is 1. The second kappa shape index (κ2) is 8.26. The molecule has 2 aromatic rings. The first-order chi connectivity index (χ1) is 13.1. The predicted octanol–water partition coefficient (Wildman–Crippen LogP) is 2.53. The number of carboxylic acid groups (broad SMARTS) is 1. The monoisotopic (exact) mass is 371 g/mol. The maximum Gasteiger partial charge on any atom is 0.407 e. The number of hydrogen-bond donors (Lipinski definition) is 3. The Labute approximate surface area is 156 Å². The molecule has 9 nitrogen and oxygen atoms in total. The van der Waals surface area contributed by atoms with E-state index in [2.05, 4.69) is 20.5 Å². The number of pyridine rings is 1. The Hall–Kier alpha value is -3.49. The van der Waals surface area contributed by atoms with Crippen molar-refractivity contribution >= 4 is 29.2 Å². The number of benzene rings is 1. The molecule has 3 amide bonds. The zero-order chi connectivity index (χ0) is 19.2. The van der Waals surface area contributed by atoms with E-state index in [0.717, 1.165) is 5.69 Å². The number of urea groups is 1. The van der Waals surface area contributed by atoms with Crippen molar-refractivity contribution in [2.24, 2.45) is 0 Å². The number of piperazine rings is 1. The van der Waals surface area contributed by atoms with Gasteiger partial charge in [-0.3, -0.25) is 0 Å². The third kappa shape index (κ3) is 4.57. The van der Waals surface area contributed by atoms with Crippen LogP contribution in [0.1, 0.15) is 0 Å². The van der Waals surface area contributed by atoms with Gasteiger partial charge in [0.25, 0.3) is 0 Å². The van der Waals surface area contributed by atoms with Crippen LogP contribution in [0.25, 0.3) is 0 Å². The van der Waals surface area contributed by atoms with E-state index in [-0.39, 0.29) is 0 Å². The zero-order valence-electron chi connectivity index (χ0n) is 14.9. The van der Waals surface area contributed by atoms with Gasteiger partial charge in [0.1, 0.15) is 5.69 Å². The quantitative estimate of drug-likeness (QED) is 0.762. The fourth-order valence-corrected chi connectivity index (χ4v) is 2.84. The molecule has 1 aromatic heterocycles. The first kappa shape index (κ1) is 18.3. The van der Waals surface area contributed by atoms with Gasteiger partial charge in [0, 0.05) is 43.8 Å². The lowest BCUT2D eigenvalue weighted by molar-refractivity contribution is 0.142. The normalized spacial score (nSPS) is 13.8. The van der Waals surface area contributed by atoms with Crippen LogP contribution in [-0.4, -0.2) is 60.4 Å². The first-order valence-electron chi connectivity index (χ1n) is 8.46. The SMILES string of the molecule is COc1ncccc1NC(=O)Nc1ccc(N2CCN(C(=O)O)CC2)cc1. The number of anilines is 3. The summed E-state index contributed by atoms with van der Waals surface area (Å²) >= 11 is 0. The largest absolute Gasteiger partial charge is 0.480 e. The Morgan fingerprint density at radius 1 is 1.07 bits per heavy atom. The molecule has 0 saturated carbocycles. The van der Waals surface area contributed by atoms with Crippen LogP contribution >= 0.6 is 0 Å². The summed E-state index contributed by atoms with van der Waals surface area (Å²) in [6, 6.07) is 10.4. The molecular weight excluding hydrogens is 350 g/mol. The highest BCUT2D eigenvalue weighted by molar-refractivity contribution is 6.00. The van der Waals surface area contributed by atoms with E-state index in [1.807, 2.05) is 12.1 Å². The van der Waals surface area contributed by atoms with Gasteiger partial charge in [-0.2, -0.15) is 0 Å². The topological polar surface area (TPSA) is 107 Å². The van der Waals surface area contributed by atoms with Gasteiger partial charge in [0.2, 0.25) is 5.88 Å². The summed E-state index contributed by atoms with van der Waals surface area (Å²) in [5, 5.41) is 14.5. The molecule has 0 spiro atoms. The van der Waals surface area contributed by atoms with Crippen molar-refractivity contribution in [3.05, 3.63) is 42.6 Å². The van der Waals surface area contributed by atoms with Crippen LogP contribution < -0.4 is 20.3 Å². The van der Waals surface area contributed by atoms with Crippen molar-refractivity contribution in [3.63, 3.8) is 0 Å². The van der Waals surface area contributed by atoms with Gasteiger partial charge < -0.3 is 30.3 Å². The summed E-state index contributed by atoms with van der Waals surface area (Å²) < 4.78 is 5.10. The summed E-state index contributed by atoms with van der Waals surface area (Å²) in [4.78, 5) is 30.7. The van der Waals surface area contributed by atoms with E-state index in [1.165, 1.54) is 12.0 Å². The molecule has 3 N–H and O–H groups in total. The van der Waals surface area contributed by atoms with Crippen LogP contribution in [0, 0.1) is 0 Å². The molecule has 1 saturated heterocycles. The third-order valence-corrected chi connectivity index (χ3v) is 4.25. The van der Waals surface area contributed by atoms with Crippen LogP contribution in [0.15, 0.2) is 42.6 Å². The molecule has 1 aliphatic rings. The average Bonchev–Trinajstić information content (AvgIpc) is 2.69. The molecule has 27 heavy (non-hydrogen) atoms. The number of nitrogens with one attached hydrogen (secondary N) is 2. The summed E-state index contributed by atoms with van der Waals surface area (Å²) in [6.07, 6.45) is 0.696. The highest BCUT2D eigenvalue weighted by Gasteiger charge is 2.20. The maximum absolute atomic E-state index is 12.2. The lowest BCUT2D eigenvalue weighted by Gasteiger charge is -2.34. The summed E-state index contributed by atoms with van der Waals surface area (Å²) in [7, 11) is 1.49. The van der Waals surface area contributed by atoms with Crippen LogP contribution in [0.2, 0.25) is 0 Å². The fraction of sp³-hybridized carbons (Fsp3) is 0.278. The lowest BCUT2D eigenvalue weighted by atomic mass is 10.2. The van der Waals surface area contributed by atoms with E-state index in [1.54, 1.807) is 30.5 Å². The van der Waals surface area contributed by atoms with E-state index >= 15 is 0 Å². The molecule has 2 heterocycles. The lowest BCUT2D eigenvalue weighted by Crippen LogP contribution is -2.48. The number of aromatic nitrogens is 1. The smallest absolute Gasteiger partial charge is 0.407 e.